The molecule has 21 heavy (non-hydrogen) atoms. The lowest BCUT2D eigenvalue weighted by atomic mass is 10.0. The monoisotopic (exact) mass is 279 g/mol. The third kappa shape index (κ3) is 2.60. The Morgan fingerprint density at radius 1 is 1.05 bits per heavy atom. The molecule has 1 atom stereocenters. The topological polar surface area (TPSA) is 42.2 Å². The third-order valence-corrected chi connectivity index (χ3v) is 3.76. The highest BCUT2D eigenvalue weighted by molar-refractivity contribution is 5.85. The Morgan fingerprint density at radius 2 is 1.81 bits per heavy atom. The standard InChI is InChI=1S/C18H17NO2/c1-13-6-5-11-19(18(13)21)12-17(20)16-10-4-8-14-7-2-3-9-15(14)16/h2-11,17,20H,12H2,1H3. The SMILES string of the molecule is Cc1cccn(CC(O)c2cccc3ccccc23)c1=O. The van der Waals surface area contributed by atoms with Crippen molar-refractivity contribution in [1.82, 2.24) is 4.57 Å². The van der Waals surface area contributed by atoms with Gasteiger partial charge < -0.3 is 9.67 Å². The van der Waals surface area contributed by atoms with E-state index in [2.05, 4.69) is 0 Å². The van der Waals surface area contributed by atoms with Crippen LogP contribution in [0.15, 0.2) is 65.6 Å². The minimum Gasteiger partial charge on any atom is -0.387 e. The zero-order chi connectivity index (χ0) is 14.8. The molecule has 1 aromatic heterocycles. The summed E-state index contributed by atoms with van der Waals surface area (Å²) in [5.41, 5.74) is 1.47. The number of hydrogen-bond donors (Lipinski definition) is 1. The van der Waals surface area contributed by atoms with E-state index >= 15 is 0 Å². The van der Waals surface area contributed by atoms with Crippen LogP contribution in [0.2, 0.25) is 0 Å². The van der Waals surface area contributed by atoms with Gasteiger partial charge in [0.2, 0.25) is 0 Å². The molecule has 2 aromatic carbocycles. The van der Waals surface area contributed by atoms with Crippen LogP contribution in [0.4, 0.5) is 0 Å². The number of benzene rings is 2. The maximum absolute atomic E-state index is 12.1. The third-order valence-electron chi connectivity index (χ3n) is 3.76. The van der Waals surface area contributed by atoms with Crippen LogP contribution in [0.25, 0.3) is 10.8 Å². The van der Waals surface area contributed by atoms with Crippen LogP contribution in [0.3, 0.4) is 0 Å². The highest BCUT2D eigenvalue weighted by atomic mass is 16.3. The number of aliphatic hydroxyl groups excluding tert-OH is 1. The fourth-order valence-electron chi connectivity index (χ4n) is 2.63. The van der Waals surface area contributed by atoms with Crippen molar-refractivity contribution >= 4 is 10.8 Å². The number of rotatable bonds is 3. The van der Waals surface area contributed by atoms with Crippen LogP contribution in [-0.4, -0.2) is 9.67 Å². The Kier molecular flexibility index (Phi) is 3.59. The predicted octanol–water partition coefficient (Wildman–Crippen LogP) is 3.04. The van der Waals surface area contributed by atoms with Gasteiger partial charge >= 0.3 is 0 Å². The predicted molar refractivity (Wildman–Crippen MR) is 84.3 cm³/mol. The average Bonchev–Trinajstić information content (AvgIpc) is 2.51. The van der Waals surface area contributed by atoms with Crippen molar-refractivity contribution in [2.75, 3.05) is 0 Å². The maximum atomic E-state index is 12.1. The molecule has 3 aromatic rings. The molecule has 3 nitrogen and oxygen atoms in total. The van der Waals surface area contributed by atoms with Gasteiger partial charge in [0.25, 0.3) is 5.56 Å². The maximum Gasteiger partial charge on any atom is 0.253 e. The van der Waals surface area contributed by atoms with Gasteiger partial charge in [-0.15, -0.1) is 0 Å². The van der Waals surface area contributed by atoms with Crippen LogP contribution in [0, 0.1) is 6.92 Å². The van der Waals surface area contributed by atoms with E-state index in [4.69, 9.17) is 0 Å². The number of aromatic nitrogens is 1. The van der Waals surface area contributed by atoms with E-state index in [1.165, 1.54) is 0 Å². The van der Waals surface area contributed by atoms with Gasteiger partial charge in [0.15, 0.2) is 0 Å². The van der Waals surface area contributed by atoms with Crippen LogP contribution in [0.5, 0.6) is 0 Å². The van der Waals surface area contributed by atoms with Gasteiger partial charge in [-0.2, -0.15) is 0 Å². The summed E-state index contributed by atoms with van der Waals surface area (Å²) < 4.78 is 1.56. The molecule has 106 valence electrons. The van der Waals surface area contributed by atoms with E-state index in [9.17, 15) is 9.90 Å². The van der Waals surface area contributed by atoms with E-state index in [0.29, 0.717) is 5.56 Å². The molecule has 0 radical (unpaired) electrons. The lowest BCUT2D eigenvalue weighted by Crippen LogP contribution is -2.24. The first-order chi connectivity index (χ1) is 10.2. The molecular weight excluding hydrogens is 262 g/mol. The van der Waals surface area contributed by atoms with Crippen molar-refractivity contribution in [2.24, 2.45) is 0 Å². The highest BCUT2D eigenvalue weighted by Crippen LogP contribution is 2.24. The number of nitrogens with zero attached hydrogens (tertiary/aromatic N) is 1. The van der Waals surface area contributed by atoms with Gasteiger partial charge in [0.05, 0.1) is 12.6 Å². The molecule has 3 heteroatoms. The highest BCUT2D eigenvalue weighted by Gasteiger charge is 2.12. The fourth-order valence-corrected chi connectivity index (χ4v) is 2.63. The van der Waals surface area contributed by atoms with Gasteiger partial charge in [-0.25, -0.2) is 0 Å². The van der Waals surface area contributed by atoms with Crippen molar-refractivity contribution in [1.29, 1.82) is 0 Å². The Morgan fingerprint density at radius 3 is 2.67 bits per heavy atom. The molecular formula is C18H17NO2. The molecule has 0 spiro atoms. The van der Waals surface area contributed by atoms with Crippen LogP contribution >= 0.6 is 0 Å². The van der Waals surface area contributed by atoms with Crippen molar-refractivity contribution in [3.8, 4) is 0 Å². The Balaban J connectivity index is 1.99. The van der Waals surface area contributed by atoms with Crippen LogP contribution in [0.1, 0.15) is 17.2 Å². The van der Waals surface area contributed by atoms with Gasteiger partial charge in [0, 0.05) is 11.8 Å². The van der Waals surface area contributed by atoms with Crippen molar-refractivity contribution < 1.29 is 5.11 Å². The van der Waals surface area contributed by atoms with Gasteiger partial charge in [-0.1, -0.05) is 48.5 Å². The zero-order valence-electron chi connectivity index (χ0n) is 11.9. The summed E-state index contributed by atoms with van der Waals surface area (Å²) >= 11 is 0. The Hall–Kier alpha value is -2.39. The summed E-state index contributed by atoms with van der Waals surface area (Å²) in [5, 5.41) is 12.6. The van der Waals surface area contributed by atoms with E-state index in [1.807, 2.05) is 48.5 Å². The lowest BCUT2D eigenvalue weighted by Gasteiger charge is -2.15. The summed E-state index contributed by atoms with van der Waals surface area (Å²) in [6.07, 6.45) is 1.000. The van der Waals surface area contributed by atoms with Gasteiger partial charge in [-0.05, 0) is 29.3 Å². The van der Waals surface area contributed by atoms with E-state index in [-0.39, 0.29) is 12.1 Å². The van der Waals surface area contributed by atoms with Crippen molar-refractivity contribution in [2.45, 2.75) is 19.6 Å². The molecule has 0 saturated carbocycles. The first-order valence-corrected chi connectivity index (χ1v) is 6.98. The number of aliphatic hydroxyl groups is 1. The summed E-state index contributed by atoms with van der Waals surface area (Å²) in [6, 6.07) is 17.4. The molecule has 1 heterocycles. The normalized spacial score (nSPS) is 12.5. The van der Waals surface area contributed by atoms with Gasteiger partial charge in [0.1, 0.15) is 0 Å². The molecule has 0 bridgehead atoms. The zero-order valence-corrected chi connectivity index (χ0v) is 11.9. The van der Waals surface area contributed by atoms with Crippen LogP contribution < -0.4 is 5.56 Å². The number of aryl methyl sites for hydroxylation is 1. The van der Waals surface area contributed by atoms with E-state index in [1.54, 1.807) is 23.8 Å². The first kappa shape index (κ1) is 13.6. The Labute approximate surface area is 123 Å². The number of hydrogen-bond acceptors (Lipinski definition) is 2. The molecule has 0 amide bonds. The number of fused-ring (bicyclic) bond motifs is 1. The largest absolute Gasteiger partial charge is 0.387 e. The summed E-state index contributed by atoms with van der Waals surface area (Å²) in [5.74, 6) is 0. The summed E-state index contributed by atoms with van der Waals surface area (Å²) in [4.78, 5) is 12.1. The second-order valence-corrected chi connectivity index (χ2v) is 5.23. The molecule has 3 rings (SSSR count). The fraction of sp³-hybridized carbons (Fsp3) is 0.167. The molecule has 0 aliphatic heterocycles. The van der Waals surface area contributed by atoms with Gasteiger partial charge in [-0.3, -0.25) is 4.79 Å². The molecule has 1 unspecified atom stereocenters. The summed E-state index contributed by atoms with van der Waals surface area (Å²) in [6.45, 7) is 2.04. The minimum atomic E-state index is -0.712. The summed E-state index contributed by atoms with van der Waals surface area (Å²) in [7, 11) is 0. The average molecular weight is 279 g/mol. The molecule has 0 saturated heterocycles. The number of pyridine rings is 1. The van der Waals surface area contributed by atoms with Crippen LogP contribution in [-0.2, 0) is 6.54 Å². The first-order valence-electron chi connectivity index (χ1n) is 6.98. The van der Waals surface area contributed by atoms with Crippen molar-refractivity contribution in [3.05, 3.63) is 82.3 Å². The molecule has 0 fully saturated rings. The second-order valence-electron chi connectivity index (χ2n) is 5.23. The van der Waals surface area contributed by atoms with E-state index in [0.717, 1.165) is 16.3 Å². The minimum absolute atomic E-state index is 0.0585. The smallest absolute Gasteiger partial charge is 0.253 e. The van der Waals surface area contributed by atoms with E-state index < -0.39 is 6.10 Å². The molecule has 0 aliphatic rings. The van der Waals surface area contributed by atoms with Crippen molar-refractivity contribution in [3.63, 3.8) is 0 Å². The molecule has 1 N–H and O–H groups in total. The second kappa shape index (κ2) is 5.54. The lowest BCUT2D eigenvalue weighted by molar-refractivity contribution is 0.156. The molecule has 0 aliphatic carbocycles. The quantitative estimate of drug-likeness (QED) is 0.800. The Bertz CT molecular complexity index is 830.